The lowest BCUT2D eigenvalue weighted by Crippen LogP contribution is -2.13. The van der Waals surface area contributed by atoms with E-state index in [9.17, 15) is 0 Å². The average Bonchev–Trinajstić information content (AvgIpc) is 2.48. The summed E-state index contributed by atoms with van der Waals surface area (Å²) in [6.45, 7) is 2.99. The first-order chi connectivity index (χ1) is 9.78. The predicted octanol–water partition coefficient (Wildman–Crippen LogP) is 1.19. The van der Waals surface area contributed by atoms with Gasteiger partial charge in [-0.1, -0.05) is 0 Å². The minimum Gasteiger partial charge on any atom is -0.330 e. The highest BCUT2D eigenvalue weighted by atomic mass is 32.2. The zero-order valence-electron chi connectivity index (χ0n) is 12.2. The van der Waals surface area contributed by atoms with Gasteiger partial charge in [0, 0.05) is 49.2 Å². The van der Waals surface area contributed by atoms with Crippen LogP contribution in [0, 0.1) is 0 Å². The number of nitrogens with two attached hydrogens (primary N) is 4. The van der Waals surface area contributed by atoms with Crippen LogP contribution in [0.25, 0.3) is 0 Å². The van der Waals surface area contributed by atoms with Crippen LogP contribution >= 0.6 is 47.0 Å². The number of hydrogen-bond acceptors (Lipinski definition) is 8. The molecule has 0 aliphatic heterocycles. The van der Waals surface area contributed by atoms with E-state index in [1.807, 2.05) is 47.0 Å². The Labute approximate surface area is 141 Å². The molecule has 8 heteroatoms. The van der Waals surface area contributed by atoms with Crippen molar-refractivity contribution in [2.75, 3.05) is 49.2 Å². The topological polar surface area (TPSA) is 104 Å². The number of hydrogen-bond donors (Lipinski definition) is 4. The maximum absolute atomic E-state index is 5.60. The van der Waals surface area contributed by atoms with Gasteiger partial charge < -0.3 is 22.9 Å². The van der Waals surface area contributed by atoms with Gasteiger partial charge in [-0.15, -0.1) is 47.0 Å². The van der Waals surface area contributed by atoms with Crippen LogP contribution in [0.3, 0.4) is 0 Å². The van der Waals surface area contributed by atoms with Crippen LogP contribution in [0.15, 0.2) is 0 Å². The SMILES string of the molecule is NCCSC(CCC(SCCN)SCCN)SCCN. The monoisotopic (exact) mass is 358 g/mol. The van der Waals surface area contributed by atoms with Crippen LogP contribution in [0.4, 0.5) is 0 Å². The molecule has 0 spiro atoms. The van der Waals surface area contributed by atoms with Crippen LogP contribution in [0.2, 0.25) is 0 Å². The summed E-state index contributed by atoms with van der Waals surface area (Å²) in [5, 5.41) is 0. The Balaban J connectivity index is 4.05. The fourth-order valence-corrected chi connectivity index (χ4v) is 6.23. The van der Waals surface area contributed by atoms with E-state index in [4.69, 9.17) is 22.9 Å². The molecule has 0 rings (SSSR count). The second-order valence-corrected chi connectivity index (χ2v) is 9.91. The minimum absolute atomic E-state index is 0.613. The Bertz CT molecular complexity index is 164. The first kappa shape index (κ1) is 21.2. The molecule has 20 heavy (non-hydrogen) atoms. The van der Waals surface area contributed by atoms with Crippen LogP contribution in [-0.2, 0) is 0 Å². The van der Waals surface area contributed by atoms with Gasteiger partial charge in [-0.05, 0) is 12.8 Å². The molecule has 0 fully saturated rings. The van der Waals surface area contributed by atoms with E-state index in [0.29, 0.717) is 9.16 Å². The van der Waals surface area contributed by atoms with E-state index in [1.165, 1.54) is 12.8 Å². The molecule has 122 valence electrons. The van der Waals surface area contributed by atoms with Crippen molar-refractivity contribution in [2.24, 2.45) is 22.9 Å². The van der Waals surface area contributed by atoms with Crippen molar-refractivity contribution in [3.05, 3.63) is 0 Å². The normalized spacial score (nSPS) is 11.7. The maximum Gasteiger partial charge on any atom is 0.0504 e. The molecule has 0 heterocycles. The molecule has 0 saturated heterocycles. The zero-order chi connectivity index (χ0) is 15.1. The zero-order valence-corrected chi connectivity index (χ0v) is 15.4. The Morgan fingerprint density at radius 3 is 0.950 bits per heavy atom. The van der Waals surface area contributed by atoms with Crippen LogP contribution in [-0.4, -0.2) is 58.4 Å². The average molecular weight is 359 g/mol. The maximum atomic E-state index is 5.60. The molecule has 0 bridgehead atoms. The highest BCUT2D eigenvalue weighted by Gasteiger charge is 2.14. The van der Waals surface area contributed by atoms with Gasteiger partial charge in [0.05, 0.1) is 9.16 Å². The summed E-state index contributed by atoms with van der Waals surface area (Å²) in [5.41, 5.74) is 22.4. The van der Waals surface area contributed by atoms with Gasteiger partial charge in [-0.3, -0.25) is 0 Å². The van der Waals surface area contributed by atoms with Crippen molar-refractivity contribution in [1.29, 1.82) is 0 Å². The third kappa shape index (κ3) is 12.9. The summed E-state index contributed by atoms with van der Waals surface area (Å²) in [4.78, 5) is 0. The van der Waals surface area contributed by atoms with Crippen molar-refractivity contribution < 1.29 is 0 Å². The molecule has 0 aliphatic carbocycles. The molecule has 0 amide bonds. The van der Waals surface area contributed by atoms with E-state index in [2.05, 4.69) is 0 Å². The third-order valence-electron chi connectivity index (χ3n) is 2.32. The van der Waals surface area contributed by atoms with Crippen molar-refractivity contribution in [2.45, 2.75) is 22.0 Å². The fraction of sp³-hybridized carbons (Fsp3) is 1.00. The first-order valence-electron chi connectivity index (χ1n) is 7.05. The quantitative estimate of drug-likeness (QED) is 0.324. The van der Waals surface area contributed by atoms with Gasteiger partial charge in [0.1, 0.15) is 0 Å². The van der Waals surface area contributed by atoms with E-state index in [1.54, 1.807) is 0 Å². The van der Waals surface area contributed by atoms with E-state index in [0.717, 1.165) is 49.2 Å². The summed E-state index contributed by atoms with van der Waals surface area (Å²) < 4.78 is 1.23. The third-order valence-corrected chi connectivity index (χ3v) is 8.27. The fourth-order valence-electron chi connectivity index (χ4n) is 1.50. The summed E-state index contributed by atoms with van der Waals surface area (Å²) >= 11 is 7.86. The van der Waals surface area contributed by atoms with Gasteiger partial charge in [-0.25, -0.2) is 0 Å². The van der Waals surface area contributed by atoms with Crippen molar-refractivity contribution in [3.8, 4) is 0 Å². The molecule has 0 saturated carbocycles. The van der Waals surface area contributed by atoms with Crippen molar-refractivity contribution in [3.63, 3.8) is 0 Å². The Hall–Kier alpha value is 1.24. The molecular weight excluding hydrogens is 328 g/mol. The van der Waals surface area contributed by atoms with E-state index in [-0.39, 0.29) is 0 Å². The molecule has 0 atom stereocenters. The number of rotatable bonds is 15. The second-order valence-electron chi connectivity index (χ2n) is 4.07. The van der Waals surface area contributed by atoms with Crippen LogP contribution in [0.5, 0.6) is 0 Å². The summed E-state index contributed by atoms with van der Waals surface area (Å²) in [5.74, 6) is 4.11. The summed E-state index contributed by atoms with van der Waals surface area (Å²) in [6, 6.07) is 0. The molecule has 0 aromatic carbocycles. The van der Waals surface area contributed by atoms with E-state index >= 15 is 0 Å². The standard InChI is InChI=1S/C12H30N4S4/c13-3-7-17-11(18-8-4-14)1-2-12(19-9-5-15)20-10-6-16/h11-12H,1-10,13-16H2. The lowest BCUT2D eigenvalue weighted by atomic mass is 10.4. The van der Waals surface area contributed by atoms with Gasteiger partial charge in [0.25, 0.3) is 0 Å². The summed E-state index contributed by atoms with van der Waals surface area (Å²) in [7, 11) is 0. The van der Waals surface area contributed by atoms with Crippen LogP contribution in [0.1, 0.15) is 12.8 Å². The van der Waals surface area contributed by atoms with Gasteiger partial charge in [0.2, 0.25) is 0 Å². The molecule has 4 nitrogen and oxygen atoms in total. The minimum atomic E-state index is 0.613. The Morgan fingerprint density at radius 2 is 0.750 bits per heavy atom. The van der Waals surface area contributed by atoms with Crippen LogP contribution < -0.4 is 22.9 Å². The largest absolute Gasteiger partial charge is 0.330 e. The first-order valence-corrected chi connectivity index (χ1v) is 11.2. The predicted molar refractivity (Wildman–Crippen MR) is 103 cm³/mol. The molecule has 0 radical (unpaired) electrons. The molecule has 0 aromatic heterocycles. The van der Waals surface area contributed by atoms with Gasteiger partial charge in [-0.2, -0.15) is 0 Å². The Kier molecular flexibility index (Phi) is 17.6. The lowest BCUT2D eigenvalue weighted by molar-refractivity contribution is 0.852. The van der Waals surface area contributed by atoms with E-state index < -0.39 is 0 Å². The molecule has 0 aromatic rings. The molecule has 0 aliphatic rings. The smallest absolute Gasteiger partial charge is 0.0504 e. The molecule has 0 unspecified atom stereocenters. The summed E-state index contributed by atoms with van der Waals surface area (Å²) in [6.07, 6.45) is 2.41. The second kappa shape index (κ2) is 16.6. The highest BCUT2D eigenvalue weighted by molar-refractivity contribution is 8.17. The van der Waals surface area contributed by atoms with Crippen molar-refractivity contribution >= 4 is 47.0 Å². The van der Waals surface area contributed by atoms with Gasteiger partial charge in [0.15, 0.2) is 0 Å². The number of thioether (sulfide) groups is 4. The lowest BCUT2D eigenvalue weighted by Gasteiger charge is -2.20. The van der Waals surface area contributed by atoms with Crippen molar-refractivity contribution in [1.82, 2.24) is 0 Å². The Morgan fingerprint density at radius 1 is 0.500 bits per heavy atom. The van der Waals surface area contributed by atoms with Gasteiger partial charge >= 0.3 is 0 Å². The highest BCUT2D eigenvalue weighted by Crippen LogP contribution is 2.33. The molecule has 8 N–H and O–H groups in total. The molecular formula is C12H30N4S4.